The molecule has 0 aliphatic heterocycles. The zero-order valence-electron chi connectivity index (χ0n) is 9.67. The number of benzene rings is 1. The number of hydrogen-bond acceptors (Lipinski definition) is 2. The lowest BCUT2D eigenvalue weighted by molar-refractivity contribution is 0.00594. The summed E-state index contributed by atoms with van der Waals surface area (Å²) in [6, 6.07) is 5.03. The van der Waals surface area contributed by atoms with Gasteiger partial charge in [0.25, 0.3) is 0 Å². The SMILES string of the molecule is Nc1ccc(S(=O)CC2CCC(F)(F)C2)c(Br)c1. The summed E-state index contributed by atoms with van der Waals surface area (Å²) in [4.78, 5) is 0.624. The number of rotatable bonds is 3. The van der Waals surface area contributed by atoms with Gasteiger partial charge in [0.05, 0.1) is 15.7 Å². The minimum absolute atomic E-state index is 0.0855. The average Bonchev–Trinajstić information content (AvgIpc) is 2.57. The van der Waals surface area contributed by atoms with Crippen molar-refractivity contribution in [3.63, 3.8) is 0 Å². The highest BCUT2D eigenvalue weighted by molar-refractivity contribution is 9.10. The van der Waals surface area contributed by atoms with E-state index in [1.807, 2.05) is 0 Å². The molecule has 2 unspecified atom stereocenters. The lowest BCUT2D eigenvalue weighted by Gasteiger charge is -2.11. The summed E-state index contributed by atoms with van der Waals surface area (Å²) in [5, 5.41) is 0. The highest BCUT2D eigenvalue weighted by Crippen LogP contribution is 2.39. The third-order valence-corrected chi connectivity index (χ3v) is 5.63. The maximum absolute atomic E-state index is 13.1. The van der Waals surface area contributed by atoms with Crippen molar-refractivity contribution in [2.45, 2.75) is 30.1 Å². The van der Waals surface area contributed by atoms with Crippen molar-refractivity contribution in [2.75, 3.05) is 11.5 Å². The van der Waals surface area contributed by atoms with Gasteiger partial charge in [0, 0.05) is 28.8 Å². The Hall–Kier alpha value is -0.490. The number of hydrogen-bond donors (Lipinski definition) is 1. The first-order valence-corrected chi connectivity index (χ1v) is 7.80. The summed E-state index contributed by atoms with van der Waals surface area (Å²) >= 11 is 3.30. The van der Waals surface area contributed by atoms with E-state index >= 15 is 0 Å². The Bertz CT molecular complexity index is 481. The van der Waals surface area contributed by atoms with E-state index in [0.29, 0.717) is 21.5 Å². The van der Waals surface area contributed by atoms with Gasteiger partial charge < -0.3 is 5.73 Å². The average molecular weight is 338 g/mol. The first-order valence-electron chi connectivity index (χ1n) is 5.68. The van der Waals surface area contributed by atoms with Crippen LogP contribution in [0.5, 0.6) is 0 Å². The molecule has 1 saturated carbocycles. The van der Waals surface area contributed by atoms with Gasteiger partial charge in [-0.3, -0.25) is 4.21 Å². The molecule has 100 valence electrons. The maximum Gasteiger partial charge on any atom is 0.248 e. The number of anilines is 1. The molecule has 0 aromatic heterocycles. The molecule has 2 nitrogen and oxygen atoms in total. The van der Waals surface area contributed by atoms with E-state index in [0.717, 1.165) is 0 Å². The van der Waals surface area contributed by atoms with Crippen LogP contribution in [0.25, 0.3) is 0 Å². The van der Waals surface area contributed by atoms with Crippen LogP contribution in [0.3, 0.4) is 0 Å². The monoisotopic (exact) mass is 337 g/mol. The summed E-state index contributed by atoms with van der Waals surface area (Å²) in [7, 11) is -1.26. The van der Waals surface area contributed by atoms with E-state index in [4.69, 9.17) is 5.73 Å². The summed E-state index contributed by atoms with van der Waals surface area (Å²) in [5.41, 5.74) is 6.18. The molecule has 1 aliphatic rings. The van der Waals surface area contributed by atoms with Gasteiger partial charge in [0.1, 0.15) is 0 Å². The Balaban J connectivity index is 2.04. The normalized spacial score (nSPS) is 24.1. The lowest BCUT2D eigenvalue weighted by atomic mass is 10.1. The van der Waals surface area contributed by atoms with Crippen molar-refractivity contribution in [2.24, 2.45) is 5.92 Å². The van der Waals surface area contributed by atoms with Crippen LogP contribution in [0.15, 0.2) is 27.6 Å². The molecule has 2 atom stereocenters. The van der Waals surface area contributed by atoms with Gasteiger partial charge >= 0.3 is 0 Å². The quantitative estimate of drug-likeness (QED) is 0.856. The van der Waals surface area contributed by atoms with Crippen molar-refractivity contribution in [3.05, 3.63) is 22.7 Å². The molecule has 0 spiro atoms. The molecule has 18 heavy (non-hydrogen) atoms. The van der Waals surface area contributed by atoms with Crippen molar-refractivity contribution < 1.29 is 13.0 Å². The predicted molar refractivity (Wildman–Crippen MR) is 72.1 cm³/mol. The molecule has 0 radical (unpaired) electrons. The van der Waals surface area contributed by atoms with E-state index in [-0.39, 0.29) is 24.5 Å². The molecule has 0 bridgehead atoms. The van der Waals surface area contributed by atoms with E-state index < -0.39 is 16.7 Å². The van der Waals surface area contributed by atoms with Crippen LogP contribution in [-0.4, -0.2) is 15.9 Å². The van der Waals surface area contributed by atoms with Gasteiger partial charge in [-0.25, -0.2) is 8.78 Å². The number of alkyl halides is 2. The number of nitrogens with two attached hydrogens (primary N) is 1. The van der Waals surface area contributed by atoms with Gasteiger partial charge in [-0.05, 0) is 46.5 Å². The molecular weight excluding hydrogens is 324 g/mol. The number of halogens is 3. The fraction of sp³-hybridized carbons (Fsp3) is 0.500. The van der Waals surface area contributed by atoms with Crippen LogP contribution < -0.4 is 5.73 Å². The van der Waals surface area contributed by atoms with Crippen molar-refractivity contribution in [1.29, 1.82) is 0 Å². The van der Waals surface area contributed by atoms with Gasteiger partial charge in [-0.1, -0.05) is 0 Å². The maximum atomic E-state index is 13.1. The summed E-state index contributed by atoms with van der Waals surface area (Å²) in [6.45, 7) is 0. The largest absolute Gasteiger partial charge is 0.399 e. The van der Waals surface area contributed by atoms with Crippen LogP contribution in [0.2, 0.25) is 0 Å². The first kappa shape index (κ1) is 13.9. The zero-order chi connectivity index (χ0) is 13.3. The standard InChI is InChI=1S/C12H14BrF2NOS/c13-10-5-9(16)1-2-11(10)18(17)7-8-3-4-12(14,15)6-8/h1-2,5,8H,3-4,6-7,16H2. The van der Waals surface area contributed by atoms with Crippen LogP contribution in [-0.2, 0) is 10.8 Å². The Labute approximate surface area is 116 Å². The fourth-order valence-corrected chi connectivity index (χ4v) is 4.52. The van der Waals surface area contributed by atoms with Gasteiger partial charge in [0.2, 0.25) is 5.92 Å². The first-order chi connectivity index (χ1) is 8.37. The Kier molecular flexibility index (Phi) is 4.06. The van der Waals surface area contributed by atoms with Gasteiger partial charge in [-0.15, -0.1) is 0 Å². The summed E-state index contributed by atoms with van der Waals surface area (Å²) < 4.78 is 38.9. The second-order valence-electron chi connectivity index (χ2n) is 4.67. The van der Waals surface area contributed by atoms with Gasteiger partial charge in [-0.2, -0.15) is 0 Å². The van der Waals surface area contributed by atoms with E-state index in [2.05, 4.69) is 15.9 Å². The molecule has 1 aromatic carbocycles. The van der Waals surface area contributed by atoms with E-state index in [1.54, 1.807) is 18.2 Å². The second kappa shape index (κ2) is 5.25. The summed E-state index contributed by atoms with van der Waals surface area (Å²) in [6.07, 6.45) is 0.217. The number of nitrogen functional groups attached to an aromatic ring is 1. The molecule has 0 amide bonds. The Morgan fingerprint density at radius 3 is 2.78 bits per heavy atom. The molecule has 2 N–H and O–H groups in total. The molecular formula is C12H14BrF2NOS. The third kappa shape index (κ3) is 3.29. The molecule has 1 aliphatic carbocycles. The molecule has 2 rings (SSSR count). The molecule has 0 heterocycles. The van der Waals surface area contributed by atoms with Gasteiger partial charge in [0.15, 0.2) is 0 Å². The van der Waals surface area contributed by atoms with Crippen LogP contribution in [0.1, 0.15) is 19.3 Å². The minimum atomic E-state index is -2.58. The third-order valence-electron chi connectivity index (χ3n) is 3.09. The topological polar surface area (TPSA) is 43.1 Å². The van der Waals surface area contributed by atoms with Crippen LogP contribution in [0, 0.1) is 5.92 Å². The molecule has 6 heteroatoms. The van der Waals surface area contributed by atoms with E-state index in [1.165, 1.54) is 0 Å². The summed E-state index contributed by atoms with van der Waals surface area (Å²) in [5.74, 6) is -2.45. The fourth-order valence-electron chi connectivity index (χ4n) is 2.19. The molecule has 0 saturated heterocycles. The van der Waals surface area contributed by atoms with Crippen molar-refractivity contribution in [3.8, 4) is 0 Å². The lowest BCUT2D eigenvalue weighted by Crippen LogP contribution is -2.13. The molecule has 1 fully saturated rings. The minimum Gasteiger partial charge on any atom is -0.399 e. The Morgan fingerprint density at radius 1 is 1.50 bits per heavy atom. The predicted octanol–water partition coefficient (Wildman–Crippen LogP) is 3.57. The van der Waals surface area contributed by atoms with Crippen LogP contribution >= 0.6 is 15.9 Å². The van der Waals surface area contributed by atoms with E-state index in [9.17, 15) is 13.0 Å². The second-order valence-corrected chi connectivity index (χ2v) is 6.99. The van der Waals surface area contributed by atoms with Crippen molar-refractivity contribution in [1.82, 2.24) is 0 Å². The highest BCUT2D eigenvalue weighted by Gasteiger charge is 2.39. The smallest absolute Gasteiger partial charge is 0.248 e. The molecule has 1 aromatic rings. The Morgan fingerprint density at radius 2 is 2.22 bits per heavy atom. The zero-order valence-corrected chi connectivity index (χ0v) is 12.1. The van der Waals surface area contributed by atoms with Crippen LogP contribution in [0.4, 0.5) is 14.5 Å². The highest BCUT2D eigenvalue weighted by atomic mass is 79.9. The van der Waals surface area contributed by atoms with Crippen molar-refractivity contribution >= 4 is 32.4 Å².